The van der Waals surface area contributed by atoms with E-state index in [9.17, 15) is 22.4 Å². The van der Waals surface area contributed by atoms with Crippen LogP contribution in [0, 0.1) is 11.7 Å². The quantitative estimate of drug-likeness (QED) is 0.293. The molecule has 1 aliphatic rings. The smallest absolute Gasteiger partial charge is 0.287 e. The number of anilines is 1. The fourth-order valence-corrected chi connectivity index (χ4v) is 5.62. The van der Waals surface area contributed by atoms with Crippen molar-refractivity contribution >= 4 is 27.3 Å². The van der Waals surface area contributed by atoms with E-state index in [1.165, 1.54) is 24.6 Å². The molecule has 214 valence electrons. The molecular formula is C30H36FN3O5S. The van der Waals surface area contributed by atoms with Crippen LogP contribution in [0.15, 0.2) is 70.0 Å². The van der Waals surface area contributed by atoms with E-state index in [0.717, 1.165) is 31.9 Å². The molecule has 0 spiro atoms. The fraction of sp³-hybridized carbons (Fsp3) is 0.400. The Morgan fingerprint density at radius 1 is 1.00 bits per heavy atom. The number of carbonyl (C=O) groups is 2. The van der Waals surface area contributed by atoms with Gasteiger partial charge in [-0.1, -0.05) is 38.2 Å². The first-order chi connectivity index (χ1) is 19.1. The normalized spacial score (nSPS) is 15.7. The lowest BCUT2D eigenvalue weighted by atomic mass is 9.84. The van der Waals surface area contributed by atoms with Gasteiger partial charge in [-0.05, 0) is 73.9 Å². The van der Waals surface area contributed by atoms with Gasteiger partial charge in [-0.25, -0.2) is 12.8 Å². The van der Waals surface area contributed by atoms with Crippen molar-refractivity contribution in [3.05, 3.63) is 72.2 Å². The number of hydrogen-bond acceptors (Lipinski definition) is 6. The summed E-state index contributed by atoms with van der Waals surface area (Å²) in [6.07, 6.45) is 7.12. The van der Waals surface area contributed by atoms with E-state index in [4.69, 9.17) is 4.42 Å². The largest absolute Gasteiger partial charge is 0.451 e. The highest BCUT2D eigenvalue weighted by molar-refractivity contribution is 7.90. The van der Waals surface area contributed by atoms with Gasteiger partial charge in [0.2, 0.25) is 5.91 Å². The highest BCUT2D eigenvalue weighted by Crippen LogP contribution is 2.28. The Morgan fingerprint density at radius 3 is 2.42 bits per heavy atom. The maximum Gasteiger partial charge on any atom is 0.287 e. The van der Waals surface area contributed by atoms with Gasteiger partial charge >= 0.3 is 0 Å². The molecule has 1 aromatic heterocycles. The van der Waals surface area contributed by atoms with Gasteiger partial charge < -0.3 is 20.4 Å². The molecule has 2 atom stereocenters. The van der Waals surface area contributed by atoms with Gasteiger partial charge in [-0.2, -0.15) is 0 Å². The predicted octanol–water partition coefficient (Wildman–Crippen LogP) is 5.17. The standard InChI is InChI=1S/C30H36FN3O5S/c1-20(19-32-24-9-6-10-25(18-24)40(2,37)38)33-29(35)26(17-21-7-4-3-5-8-21)34-30(36)28-16-15-27(39-28)22-11-13-23(31)14-12-22/h6,9-16,18,20-21,26,32H,3-5,7-8,17,19H2,1-2H3,(H,33,35)(H,34,36)/t20-,26?/m0/s1. The molecule has 0 aliphatic heterocycles. The molecule has 40 heavy (non-hydrogen) atoms. The number of sulfone groups is 1. The van der Waals surface area contributed by atoms with E-state index in [1.54, 1.807) is 42.5 Å². The molecule has 3 N–H and O–H groups in total. The minimum atomic E-state index is -3.33. The van der Waals surface area contributed by atoms with E-state index in [2.05, 4.69) is 16.0 Å². The predicted molar refractivity (Wildman–Crippen MR) is 152 cm³/mol. The Labute approximate surface area is 234 Å². The van der Waals surface area contributed by atoms with Crippen LogP contribution >= 0.6 is 0 Å². The van der Waals surface area contributed by atoms with Crippen LogP contribution in [0.2, 0.25) is 0 Å². The Hall–Kier alpha value is -3.66. The third-order valence-electron chi connectivity index (χ3n) is 7.14. The summed E-state index contributed by atoms with van der Waals surface area (Å²) in [6, 6.07) is 14.4. The third kappa shape index (κ3) is 8.17. The van der Waals surface area contributed by atoms with Crippen LogP contribution < -0.4 is 16.0 Å². The Morgan fingerprint density at radius 2 is 1.73 bits per heavy atom. The highest BCUT2D eigenvalue weighted by atomic mass is 32.2. The zero-order valence-electron chi connectivity index (χ0n) is 22.8. The van der Waals surface area contributed by atoms with Gasteiger partial charge in [0.15, 0.2) is 15.6 Å². The number of amides is 2. The van der Waals surface area contributed by atoms with Crippen molar-refractivity contribution in [1.82, 2.24) is 10.6 Å². The summed E-state index contributed by atoms with van der Waals surface area (Å²) in [5, 5.41) is 9.01. The Balaban J connectivity index is 1.40. The van der Waals surface area contributed by atoms with Crippen LogP contribution in [0.4, 0.5) is 10.1 Å². The van der Waals surface area contributed by atoms with E-state index in [1.807, 2.05) is 6.92 Å². The van der Waals surface area contributed by atoms with Gasteiger partial charge in [-0.3, -0.25) is 9.59 Å². The molecule has 1 aliphatic carbocycles. The molecule has 0 saturated heterocycles. The van der Waals surface area contributed by atoms with Crippen molar-refractivity contribution in [2.45, 2.75) is 62.4 Å². The maximum atomic E-state index is 13.4. The summed E-state index contributed by atoms with van der Waals surface area (Å²) < 4.78 is 42.7. The van der Waals surface area contributed by atoms with Gasteiger partial charge in [0, 0.05) is 30.1 Å². The first-order valence-electron chi connectivity index (χ1n) is 13.6. The molecule has 2 amide bonds. The lowest BCUT2D eigenvalue weighted by molar-refractivity contribution is -0.124. The molecule has 1 fully saturated rings. The SMILES string of the molecule is C[C@@H](CNc1cccc(S(C)(=O)=O)c1)NC(=O)C(CC1CCCCC1)NC(=O)c1ccc(-c2ccc(F)cc2)o1. The van der Waals surface area contributed by atoms with Crippen molar-refractivity contribution in [3.8, 4) is 11.3 Å². The van der Waals surface area contributed by atoms with Crippen LogP contribution in [0.25, 0.3) is 11.3 Å². The van der Waals surface area contributed by atoms with Gasteiger partial charge in [0.25, 0.3) is 5.91 Å². The lowest BCUT2D eigenvalue weighted by Gasteiger charge is -2.27. The Kier molecular flexibility index (Phi) is 9.63. The molecule has 10 heteroatoms. The van der Waals surface area contributed by atoms with Crippen LogP contribution in [0.5, 0.6) is 0 Å². The number of benzene rings is 2. The topological polar surface area (TPSA) is 118 Å². The summed E-state index contributed by atoms with van der Waals surface area (Å²) in [6.45, 7) is 2.20. The minimum absolute atomic E-state index is 0.0706. The lowest BCUT2D eigenvalue weighted by Crippen LogP contribution is -2.51. The molecule has 1 heterocycles. The first kappa shape index (κ1) is 29.3. The summed E-state index contributed by atoms with van der Waals surface area (Å²) >= 11 is 0. The van der Waals surface area contributed by atoms with Gasteiger partial charge in [0.05, 0.1) is 4.90 Å². The van der Waals surface area contributed by atoms with Crippen molar-refractivity contribution in [3.63, 3.8) is 0 Å². The molecule has 3 aromatic rings. The van der Waals surface area contributed by atoms with E-state index >= 15 is 0 Å². The van der Waals surface area contributed by atoms with Gasteiger partial charge in [-0.15, -0.1) is 0 Å². The minimum Gasteiger partial charge on any atom is -0.451 e. The molecular weight excluding hydrogens is 533 g/mol. The number of carbonyl (C=O) groups excluding carboxylic acids is 2. The number of nitrogens with one attached hydrogen (secondary N) is 3. The molecule has 0 radical (unpaired) electrons. The van der Waals surface area contributed by atoms with E-state index in [-0.39, 0.29) is 28.4 Å². The number of hydrogen-bond donors (Lipinski definition) is 3. The number of furan rings is 1. The summed E-state index contributed by atoms with van der Waals surface area (Å²) in [7, 11) is -3.33. The second-order valence-electron chi connectivity index (χ2n) is 10.5. The molecule has 1 saturated carbocycles. The summed E-state index contributed by atoms with van der Waals surface area (Å²) in [5.41, 5.74) is 1.27. The third-order valence-corrected chi connectivity index (χ3v) is 8.25. The van der Waals surface area contributed by atoms with Crippen molar-refractivity contribution in [1.29, 1.82) is 0 Å². The summed E-state index contributed by atoms with van der Waals surface area (Å²) in [4.78, 5) is 26.7. The monoisotopic (exact) mass is 569 g/mol. The van der Waals surface area contributed by atoms with Crippen molar-refractivity contribution < 1.29 is 26.8 Å². The number of rotatable bonds is 11. The maximum absolute atomic E-state index is 13.4. The molecule has 8 nitrogen and oxygen atoms in total. The van der Waals surface area contributed by atoms with Gasteiger partial charge in [0.1, 0.15) is 17.6 Å². The van der Waals surface area contributed by atoms with Crippen molar-refractivity contribution in [2.75, 3.05) is 18.1 Å². The fourth-order valence-electron chi connectivity index (χ4n) is 4.95. The molecule has 1 unspecified atom stereocenters. The Bertz CT molecular complexity index is 1420. The van der Waals surface area contributed by atoms with Crippen LogP contribution in [-0.4, -0.2) is 45.1 Å². The number of halogens is 1. The van der Waals surface area contributed by atoms with E-state index < -0.39 is 21.8 Å². The molecule has 2 aromatic carbocycles. The zero-order valence-corrected chi connectivity index (χ0v) is 23.6. The van der Waals surface area contributed by atoms with Crippen LogP contribution in [0.1, 0.15) is 56.0 Å². The molecule has 4 rings (SSSR count). The van der Waals surface area contributed by atoms with Crippen molar-refractivity contribution in [2.24, 2.45) is 5.92 Å². The average Bonchev–Trinajstić information content (AvgIpc) is 3.43. The highest BCUT2D eigenvalue weighted by Gasteiger charge is 2.28. The average molecular weight is 570 g/mol. The second kappa shape index (κ2) is 13.1. The van der Waals surface area contributed by atoms with Crippen LogP contribution in [-0.2, 0) is 14.6 Å². The second-order valence-corrected chi connectivity index (χ2v) is 12.5. The summed E-state index contributed by atoms with van der Waals surface area (Å²) in [5.74, 6) is -0.310. The first-order valence-corrected chi connectivity index (χ1v) is 15.5. The molecule has 0 bridgehead atoms. The van der Waals surface area contributed by atoms with Crippen LogP contribution in [0.3, 0.4) is 0 Å². The van der Waals surface area contributed by atoms with E-state index in [0.29, 0.717) is 35.9 Å². The zero-order chi connectivity index (χ0) is 28.7.